The molecule has 3 N–H and O–H groups in total. The van der Waals surface area contributed by atoms with E-state index in [4.69, 9.17) is 10.6 Å². The summed E-state index contributed by atoms with van der Waals surface area (Å²) in [5.74, 6) is 5.81. The van der Waals surface area contributed by atoms with Gasteiger partial charge in [-0.2, -0.15) is 0 Å². The fourth-order valence-corrected chi connectivity index (χ4v) is 1.77. The summed E-state index contributed by atoms with van der Waals surface area (Å²) in [6.07, 6.45) is 3.68. The highest BCUT2D eigenvalue weighted by Gasteiger charge is 2.16. The van der Waals surface area contributed by atoms with Crippen LogP contribution in [0.1, 0.15) is 12.6 Å². The zero-order valence-corrected chi connectivity index (χ0v) is 9.39. The van der Waals surface area contributed by atoms with Crippen molar-refractivity contribution in [1.29, 1.82) is 0 Å². The van der Waals surface area contributed by atoms with Gasteiger partial charge in [-0.15, -0.1) is 0 Å². The maximum absolute atomic E-state index is 5.48. The second-order valence-electron chi connectivity index (χ2n) is 3.95. The molecule has 2 heterocycles. The van der Waals surface area contributed by atoms with Crippen LogP contribution in [0.3, 0.4) is 0 Å². The first-order valence-corrected chi connectivity index (χ1v) is 5.39. The Bertz CT molecular complexity index is 328. The van der Waals surface area contributed by atoms with E-state index in [1.54, 1.807) is 12.4 Å². The standard InChI is InChI=1S/C10H17N5O/c1-8-6-15(2-3-16-8)7-9-4-13-10(14-11)5-12-9/h4-5,8H,2-3,6-7,11H2,1H3,(H,13,14). The second kappa shape index (κ2) is 5.20. The van der Waals surface area contributed by atoms with Gasteiger partial charge in [0.15, 0.2) is 5.82 Å². The van der Waals surface area contributed by atoms with Crippen LogP contribution in [-0.2, 0) is 11.3 Å². The molecule has 1 aliphatic rings. The normalized spacial score (nSPS) is 22.0. The first-order chi connectivity index (χ1) is 7.78. The number of hydrogen-bond acceptors (Lipinski definition) is 6. The molecule has 1 unspecified atom stereocenters. The molecule has 1 saturated heterocycles. The highest BCUT2D eigenvalue weighted by atomic mass is 16.5. The smallest absolute Gasteiger partial charge is 0.158 e. The fraction of sp³-hybridized carbons (Fsp3) is 0.600. The van der Waals surface area contributed by atoms with E-state index in [1.165, 1.54) is 0 Å². The third kappa shape index (κ3) is 2.88. The van der Waals surface area contributed by atoms with Crippen molar-refractivity contribution in [1.82, 2.24) is 14.9 Å². The SMILES string of the molecule is CC1CN(Cc2cnc(NN)cn2)CCO1. The van der Waals surface area contributed by atoms with Gasteiger partial charge < -0.3 is 10.2 Å². The Balaban J connectivity index is 1.92. The summed E-state index contributed by atoms with van der Waals surface area (Å²) in [4.78, 5) is 10.7. The second-order valence-corrected chi connectivity index (χ2v) is 3.95. The maximum Gasteiger partial charge on any atom is 0.158 e. The van der Waals surface area contributed by atoms with Gasteiger partial charge in [0, 0.05) is 19.6 Å². The molecular weight excluding hydrogens is 206 g/mol. The fourth-order valence-electron chi connectivity index (χ4n) is 1.77. The molecule has 0 radical (unpaired) electrons. The summed E-state index contributed by atoms with van der Waals surface area (Å²) < 4.78 is 5.48. The van der Waals surface area contributed by atoms with E-state index in [-0.39, 0.29) is 0 Å². The molecule has 1 aliphatic heterocycles. The van der Waals surface area contributed by atoms with Crippen LogP contribution in [0, 0.1) is 0 Å². The molecule has 0 aliphatic carbocycles. The van der Waals surface area contributed by atoms with Crippen LogP contribution in [0.4, 0.5) is 5.82 Å². The van der Waals surface area contributed by atoms with E-state index in [0.29, 0.717) is 11.9 Å². The average molecular weight is 223 g/mol. The predicted molar refractivity (Wildman–Crippen MR) is 60.5 cm³/mol. The number of rotatable bonds is 3. The Morgan fingerprint density at radius 2 is 2.44 bits per heavy atom. The molecule has 88 valence electrons. The predicted octanol–water partition coefficient (Wildman–Crippen LogP) is -0.0171. The van der Waals surface area contributed by atoms with Crippen molar-refractivity contribution in [3.05, 3.63) is 18.1 Å². The minimum absolute atomic E-state index is 0.298. The van der Waals surface area contributed by atoms with Crippen molar-refractivity contribution in [2.75, 3.05) is 25.1 Å². The van der Waals surface area contributed by atoms with Gasteiger partial charge in [-0.25, -0.2) is 10.8 Å². The van der Waals surface area contributed by atoms with Gasteiger partial charge in [-0.3, -0.25) is 9.88 Å². The van der Waals surface area contributed by atoms with Gasteiger partial charge in [-0.05, 0) is 6.92 Å². The number of nitrogens with one attached hydrogen (secondary N) is 1. The number of hydrazine groups is 1. The quantitative estimate of drug-likeness (QED) is 0.554. The van der Waals surface area contributed by atoms with Crippen molar-refractivity contribution >= 4 is 5.82 Å². The summed E-state index contributed by atoms with van der Waals surface area (Å²) in [5, 5.41) is 0. The first-order valence-electron chi connectivity index (χ1n) is 5.39. The van der Waals surface area contributed by atoms with Crippen molar-refractivity contribution in [2.45, 2.75) is 19.6 Å². The number of hydrogen-bond donors (Lipinski definition) is 2. The van der Waals surface area contributed by atoms with E-state index >= 15 is 0 Å². The lowest BCUT2D eigenvalue weighted by atomic mass is 10.3. The lowest BCUT2D eigenvalue weighted by Crippen LogP contribution is -2.40. The van der Waals surface area contributed by atoms with Gasteiger partial charge in [0.1, 0.15) is 0 Å². The number of ether oxygens (including phenoxy) is 1. The van der Waals surface area contributed by atoms with E-state index in [1.807, 2.05) is 0 Å². The molecule has 0 saturated carbocycles. The molecule has 1 aromatic heterocycles. The molecular formula is C10H17N5O. The van der Waals surface area contributed by atoms with Crippen LogP contribution in [0.5, 0.6) is 0 Å². The summed E-state index contributed by atoms with van der Waals surface area (Å²) in [6, 6.07) is 0. The largest absolute Gasteiger partial charge is 0.376 e. The molecule has 1 aromatic rings. The van der Waals surface area contributed by atoms with Crippen molar-refractivity contribution in [3.63, 3.8) is 0 Å². The Morgan fingerprint density at radius 1 is 1.56 bits per heavy atom. The van der Waals surface area contributed by atoms with Crippen molar-refractivity contribution in [2.24, 2.45) is 5.84 Å². The average Bonchev–Trinajstić information content (AvgIpc) is 2.30. The molecule has 6 nitrogen and oxygen atoms in total. The number of nitrogens with two attached hydrogens (primary N) is 1. The van der Waals surface area contributed by atoms with E-state index < -0.39 is 0 Å². The van der Waals surface area contributed by atoms with Crippen LogP contribution in [0.2, 0.25) is 0 Å². The Hall–Kier alpha value is -1.24. The monoisotopic (exact) mass is 223 g/mol. The molecule has 0 bridgehead atoms. The minimum Gasteiger partial charge on any atom is -0.376 e. The van der Waals surface area contributed by atoms with E-state index in [2.05, 4.69) is 27.2 Å². The maximum atomic E-state index is 5.48. The zero-order valence-electron chi connectivity index (χ0n) is 9.39. The lowest BCUT2D eigenvalue weighted by Gasteiger charge is -2.30. The van der Waals surface area contributed by atoms with Gasteiger partial charge >= 0.3 is 0 Å². The molecule has 6 heteroatoms. The summed E-state index contributed by atoms with van der Waals surface area (Å²) in [6.45, 7) is 5.57. The summed E-state index contributed by atoms with van der Waals surface area (Å²) in [7, 11) is 0. The highest BCUT2D eigenvalue weighted by molar-refractivity contribution is 5.28. The number of nitrogens with zero attached hydrogens (tertiary/aromatic N) is 3. The Morgan fingerprint density at radius 3 is 3.06 bits per heavy atom. The topological polar surface area (TPSA) is 76.3 Å². The molecule has 0 amide bonds. The number of nitrogen functional groups attached to an aromatic ring is 1. The first kappa shape index (κ1) is 11.3. The zero-order chi connectivity index (χ0) is 11.4. The molecule has 0 spiro atoms. The molecule has 0 aromatic carbocycles. The third-order valence-electron chi connectivity index (χ3n) is 2.56. The molecule has 2 rings (SSSR count). The number of morpholine rings is 1. The summed E-state index contributed by atoms with van der Waals surface area (Å²) in [5.41, 5.74) is 3.41. The number of aromatic nitrogens is 2. The Kier molecular flexibility index (Phi) is 3.66. The molecule has 16 heavy (non-hydrogen) atoms. The van der Waals surface area contributed by atoms with Crippen LogP contribution in [-0.4, -0.2) is 40.7 Å². The van der Waals surface area contributed by atoms with Gasteiger partial charge in [0.2, 0.25) is 0 Å². The van der Waals surface area contributed by atoms with E-state index in [9.17, 15) is 0 Å². The molecule has 1 atom stereocenters. The molecule has 1 fully saturated rings. The lowest BCUT2D eigenvalue weighted by molar-refractivity contribution is -0.0216. The van der Waals surface area contributed by atoms with Crippen LogP contribution in [0.15, 0.2) is 12.4 Å². The van der Waals surface area contributed by atoms with E-state index in [0.717, 1.165) is 31.9 Å². The highest BCUT2D eigenvalue weighted by Crippen LogP contribution is 2.08. The minimum atomic E-state index is 0.298. The Labute approximate surface area is 94.8 Å². The third-order valence-corrected chi connectivity index (χ3v) is 2.56. The van der Waals surface area contributed by atoms with Crippen LogP contribution < -0.4 is 11.3 Å². The van der Waals surface area contributed by atoms with Gasteiger partial charge in [-0.1, -0.05) is 0 Å². The number of anilines is 1. The van der Waals surface area contributed by atoms with Gasteiger partial charge in [0.25, 0.3) is 0 Å². The van der Waals surface area contributed by atoms with Crippen molar-refractivity contribution in [3.8, 4) is 0 Å². The summed E-state index contributed by atoms with van der Waals surface area (Å²) >= 11 is 0. The van der Waals surface area contributed by atoms with Crippen LogP contribution >= 0.6 is 0 Å². The van der Waals surface area contributed by atoms with Gasteiger partial charge in [0.05, 0.1) is 30.8 Å². The van der Waals surface area contributed by atoms with Crippen LogP contribution in [0.25, 0.3) is 0 Å². The van der Waals surface area contributed by atoms with Crippen molar-refractivity contribution < 1.29 is 4.74 Å².